The van der Waals surface area contributed by atoms with Gasteiger partial charge in [0.2, 0.25) is 0 Å². The molecule has 3 aromatic carbocycles. The Balaban J connectivity index is 1.55. The maximum atomic E-state index is 9.03. The fraction of sp³-hybridized carbons (Fsp3) is 0.167. The molecule has 0 aliphatic carbocycles. The van der Waals surface area contributed by atoms with Crippen LogP contribution >= 0.6 is 0 Å². The molecule has 26 heavy (non-hydrogen) atoms. The normalized spacial score (nSPS) is 12.1. The van der Waals surface area contributed by atoms with Gasteiger partial charge in [0.15, 0.2) is 0 Å². The molecule has 0 aliphatic heterocycles. The number of fused-ring (bicyclic) bond motifs is 1. The molecular formula is C24H23NO. The summed E-state index contributed by atoms with van der Waals surface area (Å²) in [6.07, 6.45) is 3.92. The standard InChI is InChI=1S/C24H23NO/c1-19(23-12-7-10-22-9-4-5-11-24(22)23)25-17-6-2-3-8-20-13-15-21(18-26)16-14-20/h2,4-7,9-16,19,25-26H,17-18H2,1H3/b6-2+. The lowest BCUT2D eigenvalue weighted by Gasteiger charge is -2.15. The fourth-order valence-corrected chi connectivity index (χ4v) is 2.92. The molecule has 2 nitrogen and oxygen atoms in total. The number of allylic oxidation sites excluding steroid dienone is 1. The first-order valence-corrected chi connectivity index (χ1v) is 8.85. The van der Waals surface area contributed by atoms with Crippen molar-refractivity contribution in [3.63, 3.8) is 0 Å². The van der Waals surface area contributed by atoms with E-state index in [9.17, 15) is 0 Å². The molecule has 0 heterocycles. The predicted molar refractivity (Wildman–Crippen MR) is 109 cm³/mol. The summed E-state index contributed by atoms with van der Waals surface area (Å²) < 4.78 is 0. The lowest BCUT2D eigenvalue weighted by molar-refractivity contribution is 0.282. The molecule has 0 radical (unpaired) electrons. The maximum absolute atomic E-state index is 9.03. The average Bonchev–Trinajstić information content (AvgIpc) is 2.70. The monoisotopic (exact) mass is 341 g/mol. The first kappa shape index (κ1) is 17.9. The van der Waals surface area contributed by atoms with E-state index in [2.05, 4.69) is 66.5 Å². The summed E-state index contributed by atoms with van der Waals surface area (Å²) in [5.74, 6) is 6.14. The third-order valence-corrected chi connectivity index (χ3v) is 4.39. The van der Waals surface area contributed by atoms with Crippen molar-refractivity contribution in [3.8, 4) is 11.8 Å². The van der Waals surface area contributed by atoms with Crippen LogP contribution in [0.5, 0.6) is 0 Å². The Morgan fingerprint density at radius 2 is 1.77 bits per heavy atom. The molecule has 0 aliphatic rings. The molecule has 130 valence electrons. The van der Waals surface area contributed by atoms with Gasteiger partial charge in [-0.1, -0.05) is 72.5 Å². The summed E-state index contributed by atoms with van der Waals surface area (Å²) in [7, 11) is 0. The van der Waals surface area contributed by atoms with Crippen LogP contribution in [-0.2, 0) is 6.61 Å². The van der Waals surface area contributed by atoms with Gasteiger partial charge in [0.25, 0.3) is 0 Å². The Kier molecular flexibility index (Phi) is 6.22. The number of hydrogen-bond acceptors (Lipinski definition) is 2. The van der Waals surface area contributed by atoms with E-state index in [0.29, 0.717) is 0 Å². The Hall–Kier alpha value is -2.86. The van der Waals surface area contributed by atoms with Crippen molar-refractivity contribution in [3.05, 3.63) is 95.6 Å². The number of rotatable bonds is 5. The Morgan fingerprint density at radius 3 is 2.58 bits per heavy atom. The molecule has 2 heteroatoms. The highest BCUT2D eigenvalue weighted by molar-refractivity contribution is 5.86. The van der Waals surface area contributed by atoms with Gasteiger partial charge in [0.1, 0.15) is 0 Å². The second-order valence-corrected chi connectivity index (χ2v) is 6.23. The average molecular weight is 341 g/mol. The van der Waals surface area contributed by atoms with Gasteiger partial charge in [-0.25, -0.2) is 0 Å². The quantitative estimate of drug-likeness (QED) is 0.665. The van der Waals surface area contributed by atoms with Gasteiger partial charge in [-0.15, -0.1) is 0 Å². The van der Waals surface area contributed by atoms with Crippen molar-refractivity contribution in [2.45, 2.75) is 19.6 Å². The van der Waals surface area contributed by atoms with Crippen LogP contribution in [-0.4, -0.2) is 11.7 Å². The minimum Gasteiger partial charge on any atom is -0.392 e. The van der Waals surface area contributed by atoms with Crippen molar-refractivity contribution in [1.82, 2.24) is 5.32 Å². The molecule has 2 N–H and O–H groups in total. The van der Waals surface area contributed by atoms with E-state index in [-0.39, 0.29) is 12.6 Å². The van der Waals surface area contributed by atoms with Crippen molar-refractivity contribution in [2.24, 2.45) is 0 Å². The first-order chi connectivity index (χ1) is 12.8. The van der Waals surface area contributed by atoms with E-state index in [0.717, 1.165) is 17.7 Å². The molecule has 0 spiro atoms. The topological polar surface area (TPSA) is 32.3 Å². The van der Waals surface area contributed by atoms with Crippen LogP contribution in [0.15, 0.2) is 78.9 Å². The molecule has 0 aromatic heterocycles. The summed E-state index contributed by atoms with van der Waals surface area (Å²) in [5, 5.41) is 15.1. The summed E-state index contributed by atoms with van der Waals surface area (Å²) in [4.78, 5) is 0. The van der Waals surface area contributed by atoms with Crippen LogP contribution < -0.4 is 5.32 Å². The van der Waals surface area contributed by atoms with Crippen LogP contribution in [0.25, 0.3) is 10.8 Å². The van der Waals surface area contributed by atoms with Crippen LogP contribution in [0.4, 0.5) is 0 Å². The molecule has 1 unspecified atom stereocenters. The number of aliphatic hydroxyl groups excluding tert-OH is 1. The minimum atomic E-state index is 0.0637. The molecule has 0 bridgehead atoms. The lowest BCUT2D eigenvalue weighted by atomic mass is 10.00. The van der Waals surface area contributed by atoms with Crippen molar-refractivity contribution in [2.75, 3.05) is 6.54 Å². The highest BCUT2D eigenvalue weighted by atomic mass is 16.3. The molecule has 0 amide bonds. The zero-order valence-electron chi connectivity index (χ0n) is 14.9. The van der Waals surface area contributed by atoms with Gasteiger partial charge >= 0.3 is 0 Å². The number of aliphatic hydroxyl groups is 1. The van der Waals surface area contributed by atoms with E-state index < -0.39 is 0 Å². The Morgan fingerprint density at radius 1 is 1.00 bits per heavy atom. The summed E-state index contributed by atoms with van der Waals surface area (Å²) in [6.45, 7) is 3.01. The van der Waals surface area contributed by atoms with E-state index in [1.807, 2.05) is 36.4 Å². The maximum Gasteiger partial charge on any atom is 0.0681 e. The third kappa shape index (κ3) is 4.61. The molecule has 0 saturated heterocycles. The van der Waals surface area contributed by atoms with Gasteiger partial charge in [0, 0.05) is 18.2 Å². The third-order valence-electron chi connectivity index (χ3n) is 4.39. The van der Waals surface area contributed by atoms with Gasteiger partial charge < -0.3 is 10.4 Å². The first-order valence-electron chi connectivity index (χ1n) is 8.85. The molecule has 3 aromatic rings. The van der Waals surface area contributed by atoms with Crippen LogP contribution in [0.1, 0.15) is 29.7 Å². The summed E-state index contributed by atoms with van der Waals surface area (Å²) >= 11 is 0. The second kappa shape index (κ2) is 9.01. The molecule has 0 fully saturated rings. The molecular weight excluding hydrogens is 318 g/mol. The predicted octanol–water partition coefficient (Wildman–Crippen LogP) is 4.59. The lowest BCUT2D eigenvalue weighted by Crippen LogP contribution is -2.18. The zero-order valence-corrected chi connectivity index (χ0v) is 14.9. The highest BCUT2D eigenvalue weighted by Crippen LogP contribution is 2.23. The second-order valence-electron chi connectivity index (χ2n) is 6.23. The van der Waals surface area contributed by atoms with E-state index in [1.54, 1.807) is 0 Å². The number of benzene rings is 3. The molecule has 1 atom stereocenters. The molecule has 0 saturated carbocycles. The van der Waals surface area contributed by atoms with E-state index >= 15 is 0 Å². The number of nitrogens with one attached hydrogen (secondary N) is 1. The smallest absolute Gasteiger partial charge is 0.0681 e. The minimum absolute atomic E-state index is 0.0637. The molecule has 3 rings (SSSR count). The van der Waals surface area contributed by atoms with Crippen molar-refractivity contribution in [1.29, 1.82) is 0 Å². The highest BCUT2D eigenvalue weighted by Gasteiger charge is 2.07. The summed E-state index contributed by atoms with van der Waals surface area (Å²) in [6, 6.07) is 22.8. The van der Waals surface area contributed by atoms with Crippen molar-refractivity contribution >= 4 is 10.8 Å². The van der Waals surface area contributed by atoms with Gasteiger partial charge in [0.05, 0.1) is 6.61 Å². The van der Waals surface area contributed by atoms with Crippen LogP contribution in [0.2, 0.25) is 0 Å². The van der Waals surface area contributed by atoms with Gasteiger partial charge in [-0.05, 0) is 47.0 Å². The Labute approximate surface area is 155 Å². The van der Waals surface area contributed by atoms with Gasteiger partial charge in [-0.3, -0.25) is 0 Å². The van der Waals surface area contributed by atoms with Crippen LogP contribution in [0.3, 0.4) is 0 Å². The van der Waals surface area contributed by atoms with Crippen molar-refractivity contribution < 1.29 is 5.11 Å². The number of hydrogen-bond donors (Lipinski definition) is 2. The largest absolute Gasteiger partial charge is 0.392 e. The summed E-state index contributed by atoms with van der Waals surface area (Å²) in [5.41, 5.74) is 3.16. The zero-order chi connectivity index (χ0) is 18.2. The fourth-order valence-electron chi connectivity index (χ4n) is 2.92. The van der Waals surface area contributed by atoms with E-state index in [4.69, 9.17) is 5.11 Å². The van der Waals surface area contributed by atoms with Crippen LogP contribution in [0, 0.1) is 11.8 Å². The Bertz CT molecular complexity index is 940. The van der Waals surface area contributed by atoms with Gasteiger partial charge in [-0.2, -0.15) is 0 Å². The SMILES string of the molecule is CC(NC/C=C/C#Cc1ccc(CO)cc1)c1cccc2ccccc12. The van der Waals surface area contributed by atoms with E-state index in [1.165, 1.54) is 16.3 Å².